The van der Waals surface area contributed by atoms with Gasteiger partial charge in [-0.1, -0.05) is 35.7 Å². The van der Waals surface area contributed by atoms with Crippen LogP contribution in [0.15, 0.2) is 22.7 Å². The summed E-state index contributed by atoms with van der Waals surface area (Å²) in [6.07, 6.45) is 3.31. The van der Waals surface area contributed by atoms with Crippen LogP contribution in [0.5, 0.6) is 5.75 Å². The molecule has 0 radical (unpaired) electrons. The average Bonchev–Trinajstić information content (AvgIpc) is 2.23. The molecule has 0 aliphatic rings. The van der Waals surface area contributed by atoms with Crippen molar-refractivity contribution in [2.45, 2.75) is 26.2 Å². The zero-order valence-electron chi connectivity index (χ0n) is 9.32. The zero-order chi connectivity index (χ0) is 12.0. The third-order valence-electron chi connectivity index (χ3n) is 2.21. The van der Waals surface area contributed by atoms with Gasteiger partial charge >= 0.3 is 7.12 Å². The SMILES string of the molecule is CCCCCOc1cc(Br)cc(B(O)O)c1. The Morgan fingerprint density at radius 1 is 1.25 bits per heavy atom. The molecule has 0 atom stereocenters. The standard InChI is InChI=1S/C11H16BBrO3/c1-2-3-4-5-16-11-7-9(12(14)15)6-10(13)8-11/h6-8,14-15H,2-5H2,1H3. The van der Waals surface area contributed by atoms with E-state index in [1.165, 1.54) is 0 Å². The smallest absolute Gasteiger partial charge is 0.488 e. The molecule has 0 aromatic heterocycles. The Hall–Kier alpha value is -0.515. The van der Waals surface area contributed by atoms with Crippen molar-refractivity contribution in [1.29, 1.82) is 0 Å². The maximum absolute atomic E-state index is 9.06. The molecule has 0 aliphatic carbocycles. The summed E-state index contributed by atoms with van der Waals surface area (Å²) in [7, 11) is -1.46. The van der Waals surface area contributed by atoms with Crippen molar-refractivity contribution in [2.75, 3.05) is 6.61 Å². The van der Waals surface area contributed by atoms with Crippen molar-refractivity contribution in [3.05, 3.63) is 22.7 Å². The lowest BCUT2D eigenvalue weighted by Gasteiger charge is -2.08. The Morgan fingerprint density at radius 3 is 2.62 bits per heavy atom. The monoisotopic (exact) mass is 286 g/mol. The number of ether oxygens (including phenoxy) is 1. The highest BCUT2D eigenvalue weighted by Crippen LogP contribution is 2.17. The number of hydrogen-bond acceptors (Lipinski definition) is 3. The van der Waals surface area contributed by atoms with Crippen LogP contribution in [0.3, 0.4) is 0 Å². The van der Waals surface area contributed by atoms with Gasteiger partial charge in [-0.25, -0.2) is 0 Å². The van der Waals surface area contributed by atoms with E-state index in [-0.39, 0.29) is 0 Å². The van der Waals surface area contributed by atoms with Crippen LogP contribution in [-0.4, -0.2) is 23.8 Å². The molecule has 1 aromatic carbocycles. The highest BCUT2D eigenvalue weighted by Gasteiger charge is 2.12. The normalized spacial score (nSPS) is 10.2. The fourth-order valence-electron chi connectivity index (χ4n) is 1.36. The summed E-state index contributed by atoms with van der Waals surface area (Å²) in [6, 6.07) is 5.11. The fourth-order valence-corrected chi connectivity index (χ4v) is 1.85. The largest absolute Gasteiger partial charge is 0.494 e. The molecule has 0 saturated carbocycles. The number of benzene rings is 1. The Morgan fingerprint density at radius 2 is 2.00 bits per heavy atom. The van der Waals surface area contributed by atoms with E-state index in [4.69, 9.17) is 14.8 Å². The van der Waals surface area contributed by atoms with Gasteiger partial charge in [0, 0.05) is 4.47 Å². The molecule has 2 N–H and O–H groups in total. The second kappa shape index (κ2) is 6.94. The van der Waals surface area contributed by atoms with Gasteiger partial charge in [0.1, 0.15) is 5.75 Å². The van der Waals surface area contributed by atoms with Crippen molar-refractivity contribution in [2.24, 2.45) is 0 Å². The van der Waals surface area contributed by atoms with Crippen LogP contribution >= 0.6 is 15.9 Å². The summed E-state index contributed by atoms with van der Waals surface area (Å²) < 4.78 is 6.31. The van der Waals surface area contributed by atoms with Gasteiger partial charge in [0.15, 0.2) is 0 Å². The minimum Gasteiger partial charge on any atom is -0.494 e. The van der Waals surface area contributed by atoms with Crippen molar-refractivity contribution in [3.8, 4) is 5.75 Å². The lowest BCUT2D eigenvalue weighted by atomic mass is 9.80. The average molecular weight is 287 g/mol. The lowest BCUT2D eigenvalue weighted by molar-refractivity contribution is 0.306. The van der Waals surface area contributed by atoms with E-state index < -0.39 is 7.12 Å². The van der Waals surface area contributed by atoms with Crippen LogP contribution in [0, 0.1) is 0 Å². The van der Waals surface area contributed by atoms with Gasteiger partial charge < -0.3 is 14.8 Å². The van der Waals surface area contributed by atoms with Crippen LogP contribution in [0.2, 0.25) is 0 Å². The molecule has 0 fully saturated rings. The van der Waals surface area contributed by atoms with Crippen LogP contribution in [0.25, 0.3) is 0 Å². The molecule has 0 amide bonds. The van der Waals surface area contributed by atoms with Crippen molar-refractivity contribution >= 4 is 28.5 Å². The summed E-state index contributed by atoms with van der Waals surface area (Å²) in [6.45, 7) is 2.80. The fraction of sp³-hybridized carbons (Fsp3) is 0.455. The van der Waals surface area contributed by atoms with E-state index in [2.05, 4.69) is 22.9 Å². The maximum atomic E-state index is 9.06. The highest BCUT2D eigenvalue weighted by molar-refractivity contribution is 9.10. The Balaban J connectivity index is 2.58. The summed E-state index contributed by atoms with van der Waals surface area (Å²) in [5.74, 6) is 0.661. The van der Waals surface area contributed by atoms with E-state index in [0.29, 0.717) is 17.8 Å². The van der Waals surface area contributed by atoms with Gasteiger partial charge in [0.25, 0.3) is 0 Å². The van der Waals surface area contributed by atoms with Crippen LogP contribution in [0.4, 0.5) is 0 Å². The van der Waals surface area contributed by atoms with Crippen LogP contribution in [0.1, 0.15) is 26.2 Å². The first-order valence-electron chi connectivity index (χ1n) is 5.43. The van der Waals surface area contributed by atoms with Crippen molar-refractivity contribution in [1.82, 2.24) is 0 Å². The first-order chi connectivity index (χ1) is 7.63. The van der Waals surface area contributed by atoms with Gasteiger partial charge in [-0.3, -0.25) is 0 Å². The van der Waals surface area contributed by atoms with E-state index in [0.717, 1.165) is 23.7 Å². The minimum atomic E-state index is -1.46. The molecule has 0 heterocycles. The number of unbranched alkanes of at least 4 members (excludes halogenated alkanes) is 2. The van der Waals surface area contributed by atoms with E-state index in [1.54, 1.807) is 12.1 Å². The topological polar surface area (TPSA) is 49.7 Å². The first kappa shape index (κ1) is 13.5. The van der Waals surface area contributed by atoms with E-state index in [9.17, 15) is 0 Å². The third kappa shape index (κ3) is 4.55. The molecule has 0 bridgehead atoms. The second-order valence-corrected chi connectivity index (χ2v) is 4.57. The van der Waals surface area contributed by atoms with Crippen molar-refractivity contribution < 1.29 is 14.8 Å². The Labute approximate surface area is 105 Å². The summed E-state index contributed by atoms with van der Waals surface area (Å²) in [5, 5.41) is 18.1. The predicted octanol–water partition coefficient (Wildman–Crippen LogP) is 1.70. The van der Waals surface area contributed by atoms with Crippen LogP contribution < -0.4 is 10.2 Å². The highest BCUT2D eigenvalue weighted by atomic mass is 79.9. The molecule has 0 aliphatic heterocycles. The van der Waals surface area contributed by atoms with Gasteiger partial charge in [-0.2, -0.15) is 0 Å². The van der Waals surface area contributed by atoms with Gasteiger partial charge in [0.05, 0.1) is 6.61 Å². The first-order valence-corrected chi connectivity index (χ1v) is 6.22. The minimum absolute atomic E-state index is 0.430. The van der Waals surface area contributed by atoms with Gasteiger partial charge in [-0.05, 0) is 30.1 Å². The van der Waals surface area contributed by atoms with E-state index >= 15 is 0 Å². The predicted molar refractivity (Wildman–Crippen MR) is 69.0 cm³/mol. The number of halogens is 1. The van der Waals surface area contributed by atoms with Crippen molar-refractivity contribution in [3.63, 3.8) is 0 Å². The molecular weight excluding hydrogens is 271 g/mol. The molecule has 1 rings (SSSR count). The summed E-state index contributed by atoms with van der Waals surface area (Å²) in [4.78, 5) is 0. The van der Waals surface area contributed by atoms with E-state index in [1.807, 2.05) is 6.07 Å². The molecule has 88 valence electrons. The molecular formula is C11H16BBrO3. The number of rotatable bonds is 6. The van der Waals surface area contributed by atoms with Gasteiger partial charge in [-0.15, -0.1) is 0 Å². The lowest BCUT2D eigenvalue weighted by Crippen LogP contribution is -2.29. The summed E-state index contributed by atoms with van der Waals surface area (Å²) >= 11 is 3.30. The molecule has 1 aromatic rings. The Bertz CT molecular complexity index is 331. The number of hydrogen-bond donors (Lipinski definition) is 2. The van der Waals surface area contributed by atoms with Gasteiger partial charge in [0.2, 0.25) is 0 Å². The summed E-state index contributed by atoms with van der Waals surface area (Å²) in [5.41, 5.74) is 0.430. The second-order valence-electron chi connectivity index (χ2n) is 3.65. The van der Waals surface area contributed by atoms with Crippen LogP contribution in [-0.2, 0) is 0 Å². The molecule has 5 heteroatoms. The molecule has 0 spiro atoms. The quantitative estimate of drug-likeness (QED) is 0.618. The molecule has 16 heavy (non-hydrogen) atoms. The molecule has 3 nitrogen and oxygen atoms in total. The third-order valence-corrected chi connectivity index (χ3v) is 2.67. The maximum Gasteiger partial charge on any atom is 0.488 e. The Kier molecular flexibility index (Phi) is 5.88. The molecule has 0 unspecified atom stereocenters. The zero-order valence-corrected chi connectivity index (χ0v) is 10.9. The molecule has 0 saturated heterocycles.